The van der Waals surface area contributed by atoms with Gasteiger partial charge in [-0.25, -0.2) is 4.39 Å². The number of halogens is 1. The van der Waals surface area contributed by atoms with Crippen molar-refractivity contribution in [3.63, 3.8) is 0 Å². The molecule has 0 saturated heterocycles. The Balaban J connectivity index is 1.84. The first-order chi connectivity index (χ1) is 9.74. The monoisotopic (exact) mass is 271 g/mol. The van der Waals surface area contributed by atoms with Crippen molar-refractivity contribution in [3.8, 4) is 5.75 Å². The molecule has 20 heavy (non-hydrogen) atoms. The number of carbonyl (C=O) groups excluding carboxylic acids is 1. The van der Waals surface area contributed by atoms with Crippen LogP contribution in [0.2, 0.25) is 0 Å². The molecule has 0 fully saturated rings. The highest BCUT2D eigenvalue weighted by atomic mass is 19.1. The quantitative estimate of drug-likeness (QED) is 0.909. The van der Waals surface area contributed by atoms with Gasteiger partial charge in [0, 0.05) is 5.56 Å². The topological polar surface area (TPSA) is 38.3 Å². The largest absolute Gasteiger partial charge is 0.491 e. The number of fused-ring (bicyclic) bond motifs is 1. The van der Waals surface area contributed by atoms with Crippen LogP contribution in [0.15, 0.2) is 42.5 Å². The lowest BCUT2D eigenvalue weighted by Gasteiger charge is -2.20. The minimum Gasteiger partial charge on any atom is -0.491 e. The molecule has 0 radical (unpaired) electrons. The second-order valence-corrected chi connectivity index (χ2v) is 4.71. The van der Waals surface area contributed by atoms with Gasteiger partial charge in [-0.15, -0.1) is 0 Å². The smallest absolute Gasteiger partial charge is 0.255 e. The van der Waals surface area contributed by atoms with E-state index in [1.807, 2.05) is 18.2 Å². The Kier molecular flexibility index (Phi) is 3.37. The van der Waals surface area contributed by atoms with Crippen LogP contribution in [0.1, 0.15) is 22.3 Å². The number of benzene rings is 2. The predicted molar refractivity (Wildman–Crippen MR) is 74.6 cm³/mol. The summed E-state index contributed by atoms with van der Waals surface area (Å²) < 4.78 is 18.5. The standard InChI is InChI=1S/C16H14FNO2/c17-13-8-6-12(7-9-13)16(19)18-14-5-1-3-11-4-2-10-20-15(11)14/h1,3,5-9H,2,4,10H2,(H,18,19). The van der Waals surface area contributed by atoms with Crippen molar-refractivity contribution in [2.75, 3.05) is 11.9 Å². The number of carbonyl (C=O) groups is 1. The molecule has 0 unspecified atom stereocenters. The first kappa shape index (κ1) is 12.7. The summed E-state index contributed by atoms with van der Waals surface area (Å²) >= 11 is 0. The van der Waals surface area contributed by atoms with E-state index in [0.717, 1.165) is 24.2 Å². The molecule has 0 aromatic heterocycles. The molecule has 0 bridgehead atoms. The Morgan fingerprint density at radius 2 is 1.95 bits per heavy atom. The maximum atomic E-state index is 12.9. The molecule has 1 aliphatic heterocycles. The fourth-order valence-corrected chi connectivity index (χ4v) is 2.28. The lowest BCUT2D eigenvalue weighted by atomic mass is 10.1. The van der Waals surface area contributed by atoms with Gasteiger partial charge in [-0.05, 0) is 48.7 Å². The third-order valence-corrected chi connectivity index (χ3v) is 3.29. The van der Waals surface area contributed by atoms with E-state index in [0.29, 0.717) is 17.9 Å². The summed E-state index contributed by atoms with van der Waals surface area (Å²) in [7, 11) is 0. The SMILES string of the molecule is O=C(Nc1cccc2c1OCCC2)c1ccc(F)cc1. The van der Waals surface area contributed by atoms with Gasteiger partial charge in [0.2, 0.25) is 0 Å². The first-order valence-corrected chi connectivity index (χ1v) is 6.55. The average Bonchev–Trinajstić information content (AvgIpc) is 2.48. The third-order valence-electron chi connectivity index (χ3n) is 3.29. The molecule has 0 saturated carbocycles. The molecule has 1 amide bonds. The van der Waals surface area contributed by atoms with E-state index < -0.39 is 0 Å². The van der Waals surface area contributed by atoms with Gasteiger partial charge >= 0.3 is 0 Å². The highest BCUT2D eigenvalue weighted by Gasteiger charge is 2.16. The molecule has 1 heterocycles. The lowest BCUT2D eigenvalue weighted by Crippen LogP contribution is -2.15. The second kappa shape index (κ2) is 5.33. The molecule has 0 aliphatic carbocycles. The summed E-state index contributed by atoms with van der Waals surface area (Å²) in [4.78, 5) is 12.1. The molecule has 3 rings (SSSR count). The summed E-state index contributed by atoms with van der Waals surface area (Å²) in [6, 6.07) is 11.2. The van der Waals surface area contributed by atoms with E-state index in [9.17, 15) is 9.18 Å². The molecule has 3 nitrogen and oxygen atoms in total. The van der Waals surface area contributed by atoms with Gasteiger partial charge in [0.1, 0.15) is 11.6 Å². The van der Waals surface area contributed by atoms with Crippen LogP contribution in [0.5, 0.6) is 5.75 Å². The molecule has 0 spiro atoms. The van der Waals surface area contributed by atoms with Crippen molar-refractivity contribution in [1.29, 1.82) is 0 Å². The van der Waals surface area contributed by atoms with Gasteiger partial charge in [-0.3, -0.25) is 4.79 Å². The van der Waals surface area contributed by atoms with Crippen LogP contribution >= 0.6 is 0 Å². The number of hydrogen-bond donors (Lipinski definition) is 1. The number of ether oxygens (including phenoxy) is 1. The number of amides is 1. The summed E-state index contributed by atoms with van der Waals surface area (Å²) in [5.41, 5.74) is 2.18. The second-order valence-electron chi connectivity index (χ2n) is 4.71. The van der Waals surface area contributed by atoms with Gasteiger partial charge < -0.3 is 10.1 Å². The Labute approximate surface area is 116 Å². The van der Waals surface area contributed by atoms with Crippen LogP contribution in [0.3, 0.4) is 0 Å². The van der Waals surface area contributed by atoms with Gasteiger partial charge in [-0.1, -0.05) is 12.1 Å². The van der Waals surface area contributed by atoms with Crippen LogP contribution in [0.25, 0.3) is 0 Å². The summed E-state index contributed by atoms with van der Waals surface area (Å²) in [6.45, 7) is 0.663. The zero-order valence-electron chi connectivity index (χ0n) is 10.9. The molecule has 102 valence electrons. The van der Waals surface area contributed by atoms with E-state index >= 15 is 0 Å². The number of anilines is 1. The van der Waals surface area contributed by atoms with Crippen LogP contribution in [0, 0.1) is 5.82 Å². The van der Waals surface area contributed by atoms with Crippen molar-refractivity contribution < 1.29 is 13.9 Å². The molecule has 4 heteroatoms. The molecule has 0 atom stereocenters. The van der Waals surface area contributed by atoms with E-state index in [-0.39, 0.29) is 11.7 Å². The van der Waals surface area contributed by atoms with Crippen LogP contribution in [-0.2, 0) is 6.42 Å². The molecule has 2 aromatic carbocycles. The van der Waals surface area contributed by atoms with Crippen LogP contribution < -0.4 is 10.1 Å². The Hall–Kier alpha value is -2.36. The fourth-order valence-electron chi connectivity index (χ4n) is 2.28. The Bertz CT molecular complexity index is 637. The molecular weight excluding hydrogens is 257 g/mol. The van der Waals surface area contributed by atoms with E-state index in [4.69, 9.17) is 4.74 Å². The van der Waals surface area contributed by atoms with Crippen molar-refractivity contribution >= 4 is 11.6 Å². The van der Waals surface area contributed by atoms with Crippen molar-refractivity contribution in [1.82, 2.24) is 0 Å². The van der Waals surface area contributed by atoms with Gasteiger partial charge in [-0.2, -0.15) is 0 Å². The Morgan fingerprint density at radius 3 is 2.75 bits per heavy atom. The molecule has 1 N–H and O–H groups in total. The van der Waals surface area contributed by atoms with Crippen LogP contribution in [-0.4, -0.2) is 12.5 Å². The zero-order chi connectivity index (χ0) is 13.9. The normalized spacial score (nSPS) is 13.2. The minimum absolute atomic E-state index is 0.271. The number of hydrogen-bond acceptors (Lipinski definition) is 2. The number of nitrogens with one attached hydrogen (secondary N) is 1. The van der Waals surface area contributed by atoms with E-state index in [1.165, 1.54) is 24.3 Å². The highest BCUT2D eigenvalue weighted by molar-refractivity contribution is 6.05. The minimum atomic E-state index is -0.359. The number of aryl methyl sites for hydroxylation is 1. The van der Waals surface area contributed by atoms with Crippen LogP contribution in [0.4, 0.5) is 10.1 Å². The average molecular weight is 271 g/mol. The van der Waals surface area contributed by atoms with Crippen molar-refractivity contribution in [2.24, 2.45) is 0 Å². The highest BCUT2D eigenvalue weighted by Crippen LogP contribution is 2.33. The number of rotatable bonds is 2. The van der Waals surface area contributed by atoms with E-state index in [2.05, 4.69) is 5.32 Å². The molecular formula is C16H14FNO2. The predicted octanol–water partition coefficient (Wildman–Crippen LogP) is 3.40. The first-order valence-electron chi connectivity index (χ1n) is 6.55. The Morgan fingerprint density at radius 1 is 1.15 bits per heavy atom. The van der Waals surface area contributed by atoms with Gasteiger partial charge in [0.05, 0.1) is 12.3 Å². The summed E-state index contributed by atoms with van der Waals surface area (Å²) in [6.07, 6.45) is 1.94. The lowest BCUT2D eigenvalue weighted by molar-refractivity contribution is 0.102. The number of para-hydroxylation sites is 1. The summed E-state index contributed by atoms with van der Waals surface area (Å²) in [5.74, 6) is 0.115. The maximum Gasteiger partial charge on any atom is 0.255 e. The fraction of sp³-hybridized carbons (Fsp3) is 0.188. The maximum absolute atomic E-state index is 12.9. The van der Waals surface area contributed by atoms with E-state index in [1.54, 1.807) is 0 Å². The summed E-state index contributed by atoms with van der Waals surface area (Å²) in [5, 5.41) is 2.82. The van der Waals surface area contributed by atoms with Gasteiger partial charge in [0.25, 0.3) is 5.91 Å². The third kappa shape index (κ3) is 2.50. The zero-order valence-corrected chi connectivity index (χ0v) is 10.9. The van der Waals surface area contributed by atoms with Crippen molar-refractivity contribution in [3.05, 3.63) is 59.4 Å². The van der Waals surface area contributed by atoms with Gasteiger partial charge in [0.15, 0.2) is 0 Å². The molecule has 2 aromatic rings. The molecule has 1 aliphatic rings. The van der Waals surface area contributed by atoms with Crippen molar-refractivity contribution in [2.45, 2.75) is 12.8 Å².